The first-order chi connectivity index (χ1) is 11.5. The van der Waals surface area contributed by atoms with Gasteiger partial charge in [-0.15, -0.1) is 0 Å². The lowest BCUT2D eigenvalue weighted by Gasteiger charge is -2.26. The van der Waals surface area contributed by atoms with Crippen LogP contribution in [0.15, 0.2) is 18.2 Å². The third-order valence-electron chi connectivity index (χ3n) is 3.47. The molecule has 0 aliphatic heterocycles. The van der Waals surface area contributed by atoms with E-state index in [2.05, 4.69) is 10.3 Å². The first kappa shape index (κ1) is 19.0. The van der Waals surface area contributed by atoms with Crippen LogP contribution >= 0.6 is 0 Å². The number of halogens is 3. The average molecular weight is 354 g/mol. The SMILES string of the molecule is CCOC(=O)c1c(C(F)(F)F)nc2c(C)cccc2c1NC(C)(C)C. The maximum atomic E-state index is 13.6. The number of rotatable bonds is 3. The number of aromatic nitrogens is 1. The Bertz CT molecular complexity index is 809. The van der Waals surface area contributed by atoms with Gasteiger partial charge < -0.3 is 10.1 Å². The lowest BCUT2D eigenvalue weighted by atomic mass is 10.00. The third-order valence-corrected chi connectivity index (χ3v) is 3.47. The molecule has 0 amide bonds. The zero-order valence-electron chi connectivity index (χ0n) is 14.8. The Hall–Kier alpha value is -2.31. The van der Waals surface area contributed by atoms with Gasteiger partial charge in [-0.1, -0.05) is 18.2 Å². The second-order valence-electron chi connectivity index (χ2n) is 6.77. The van der Waals surface area contributed by atoms with Gasteiger partial charge in [0.15, 0.2) is 5.69 Å². The van der Waals surface area contributed by atoms with Crippen molar-refractivity contribution in [2.45, 2.75) is 46.3 Å². The van der Waals surface area contributed by atoms with E-state index in [1.165, 1.54) is 0 Å². The fourth-order valence-corrected chi connectivity index (χ4v) is 2.54. The van der Waals surface area contributed by atoms with Crippen molar-refractivity contribution in [3.63, 3.8) is 0 Å². The van der Waals surface area contributed by atoms with Crippen molar-refractivity contribution < 1.29 is 22.7 Å². The number of ether oxygens (including phenoxy) is 1. The van der Waals surface area contributed by atoms with Gasteiger partial charge in [-0.25, -0.2) is 9.78 Å². The second-order valence-corrected chi connectivity index (χ2v) is 6.77. The van der Waals surface area contributed by atoms with Gasteiger partial charge >= 0.3 is 12.1 Å². The molecule has 1 aromatic heterocycles. The van der Waals surface area contributed by atoms with Crippen molar-refractivity contribution >= 4 is 22.6 Å². The number of carbonyl (C=O) groups is 1. The van der Waals surface area contributed by atoms with Crippen molar-refractivity contribution in [3.05, 3.63) is 35.0 Å². The molecule has 0 saturated heterocycles. The summed E-state index contributed by atoms with van der Waals surface area (Å²) in [7, 11) is 0. The minimum absolute atomic E-state index is 0.0308. The first-order valence-corrected chi connectivity index (χ1v) is 7.91. The molecule has 4 nitrogen and oxygen atoms in total. The maximum absolute atomic E-state index is 13.6. The Kier molecular flexibility index (Phi) is 4.97. The van der Waals surface area contributed by atoms with Crippen LogP contribution in [0.25, 0.3) is 10.9 Å². The zero-order chi connectivity index (χ0) is 19.0. The molecule has 136 valence electrons. The Labute approximate surface area is 144 Å². The molecule has 0 aliphatic carbocycles. The van der Waals surface area contributed by atoms with Gasteiger partial charge in [0.05, 0.1) is 17.8 Å². The van der Waals surface area contributed by atoms with E-state index in [4.69, 9.17) is 4.74 Å². The van der Waals surface area contributed by atoms with E-state index in [9.17, 15) is 18.0 Å². The number of anilines is 1. The molecule has 0 aliphatic rings. The van der Waals surface area contributed by atoms with Crippen LogP contribution < -0.4 is 5.32 Å². The minimum atomic E-state index is -4.78. The lowest BCUT2D eigenvalue weighted by molar-refractivity contribution is -0.141. The van der Waals surface area contributed by atoms with Crippen molar-refractivity contribution in [1.29, 1.82) is 0 Å². The molecule has 0 saturated carbocycles. The number of carbonyl (C=O) groups excluding carboxylic acids is 1. The molecule has 0 fully saturated rings. The molecule has 0 unspecified atom stereocenters. The molecule has 2 rings (SSSR count). The van der Waals surface area contributed by atoms with E-state index in [0.717, 1.165) is 0 Å². The van der Waals surface area contributed by atoms with Crippen LogP contribution in [0, 0.1) is 6.92 Å². The lowest BCUT2D eigenvalue weighted by Crippen LogP contribution is -2.29. The standard InChI is InChI=1S/C18H21F3N2O2/c1-6-25-16(24)12-14(23-17(3,4)5)11-9-7-8-10(2)13(11)22-15(12)18(19,20)21/h7-9H,6H2,1-5H3,(H,22,23). The van der Waals surface area contributed by atoms with Gasteiger partial charge in [0.2, 0.25) is 0 Å². The number of nitrogens with one attached hydrogen (secondary N) is 1. The van der Waals surface area contributed by atoms with Gasteiger partial charge in [0.1, 0.15) is 5.56 Å². The van der Waals surface area contributed by atoms with E-state index >= 15 is 0 Å². The number of benzene rings is 1. The predicted molar refractivity (Wildman–Crippen MR) is 90.8 cm³/mol. The van der Waals surface area contributed by atoms with Crippen LogP contribution in [0.2, 0.25) is 0 Å². The van der Waals surface area contributed by atoms with Crippen molar-refractivity contribution in [1.82, 2.24) is 4.98 Å². The molecule has 0 bridgehead atoms. The quantitative estimate of drug-likeness (QED) is 0.793. The van der Waals surface area contributed by atoms with Crippen LogP contribution in [0.4, 0.5) is 18.9 Å². The summed E-state index contributed by atoms with van der Waals surface area (Å²) in [6.07, 6.45) is -4.78. The van der Waals surface area contributed by atoms with Gasteiger partial charge in [-0.2, -0.15) is 13.2 Å². The largest absolute Gasteiger partial charge is 0.462 e. The van der Waals surface area contributed by atoms with E-state index in [1.54, 1.807) is 52.8 Å². The predicted octanol–water partition coefficient (Wildman–Crippen LogP) is 4.95. The summed E-state index contributed by atoms with van der Waals surface area (Å²) in [6, 6.07) is 5.04. The number of nitrogens with zero attached hydrogens (tertiary/aromatic N) is 1. The smallest absolute Gasteiger partial charge is 0.434 e. The Morgan fingerprint density at radius 2 is 1.88 bits per heavy atom. The molecule has 0 atom stereocenters. The average Bonchev–Trinajstić information content (AvgIpc) is 2.45. The highest BCUT2D eigenvalue weighted by molar-refractivity contribution is 6.07. The van der Waals surface area contributed by atoms with Crippen LogP contribution in [-0.4, -0.2) is 23.1 Å². The molecule has 1 N–H and O–H groups in total. The number of para-hydroxylation sites is 1. The van der Waals surface area contributed by atoms with E-state index in [1.807, 2.05) is 0 Å². The highest BCUT2D eigenvalue weighted by Crippen LogP contribution is 2.39. The molecular formula is C18H21F3N2O2. The number of fused-ring (bicyclic) bond motifs is 1. The third kappa shape index (κ3) is 4.03. The summed E-state index contributed by atoms with van der Waals surface area (Å²) in [5.41, 5.74) is -1.50. The van der Waals surface area contributed by atoms with Crippen molar-refractivity contribution in [3.8, 4) is 0 Å². The molecular weight excluding hydrogens is 333 g/mol. The Morgan fingerprint density at radius 3 is 2.40 bits per heavy atom. The number of hydrogen-bond donors (Lipinski definition) is 1. The molecule has 1 heterocycles. The Balaban J connectivity index is 2.96. The second kappa shape index (κ2) is 6.54. The summed E-state index contributed by atoms with van der Waals surface area (Å²) in [4.78, 5) is 16.1. The number of hydrogen-bond acceptors (Lipinski definition) is 4. The van der Waals surface area contributed by atoms with Crippen LogP contribution in [0.1, 0.15) is 49.3 Å². The number of alkyl halides is 3. The summed E-state index contributed by atoms with van der Waals surface area (Å²) < 4.78 is 45.7. The zero-order valence-corrected chi connectivity index (χ0v) is 14.8. The van der Waals surface area contributed by atoms with Crippen LogP contribution in [-0.2, 0) is 10.9 Å². The first-order valence-electron chi connectivity index (χ1n) is 7.91. The summed E-state index contributed by atoms with van der Waals surface area (Å²) >= 11 is 0. The molecule has 0 radical (unpaired) electrons. The summed E-state index contributed by atoms with van der Waals surface area (Å²) in [5, 5.41) is 3.48. The fourth-order valence-electron chi connectivity index (χ4n) is 2.54. The fraction of sp³-hybridized carbons (Fsp3) is 0.444. The number of esters is 1. The van der Waals surface area contributed by atoms with Gasteiger partial charge in [0.25, 0.3) is 0 Å². The highest BCUT2D eigenvalue weighted by atomic mass is 19.4. The maximum Gasteiger partial charge on any atom is 0.434 e. The monoisotopic (exact) mass is 354 g/mol. The summed E-state index contributed by atoms with van der Waals surface area (Å²) in [5.74, 6) is -1.04. The number of pyridine rings is 1. The van der Waals surface area contributed by atoms with Gasteiger partial charge in [-0.3, -0.25) is 0 Å². The van der Waals surface area contributed by atoms with Crippen LogP contribution in [0.5, 0.6) is 0 Å². The molecule has 2 aromatic rings. The van der Waals surface area contributed by atoms with Crippen molar-refractivity contribution in [2.75, 3.05) is 11.9 Å². The molecule has 25 heavy (non-hydrogen) atoms. The molecule has 0 spiro atoms. The minimum Gasteiger partial charge on any atom is -0.462 e. The number of aryl methyl sites for hydroxylation is 1. The van der Waals surface area contributed by atoms with Crippen LogP contribution in [0.3, 0.4) is 0 Å². The Morgan fingerprint density at radius 1 is 1.24 bits per heavy atom. The normalized spacial score (nSPS) is 12.3. The highest BCUT2D eigenvalue weighted by Gasteiger charge is 2.40. The van der Waals surface area contributed by atoms with Crippen molar-refractivity contribution in [2.24, 2.45) is 0 Å². The topological polar surface area (TPSA) is 51.2 Å². The van der Waals surface area contributed by atoms with Gasteiger partial charge in [-0.05, 0) is 40.2 Å². The van der Waals surface area contributed by atoms with E-state index in [0.29, 0.717) is 10.9 Å². The molecule has 1 aromatic carbocycles. The van der Waals surface area contributed by atoms with E-state index < -0.39 is 28.9 Å². The van der Waals surface area contributed by atoms with E-state index in [-0.39, 0.29) is 17.8 Å². The van der Waals surface area contributed by atoms with Gasteiger partial charge in [0, 0.05) is 10.9 Å². The summed E-state index contributed by atoms with van der Waals surface area (Å²) in [6.45, 7) is 8.60. The molecule has 7 heteroatoms.